The van der Waals surface area contributed by atoms with Crippen LogP contribution in [0, 0.1) is 0 Å². The smallest absolute Gasteiger partial charge is 0.303 e. The Labute approximate surface area is 106 Å². The number of aliphatic carboxylic acids is 1. The molecule has 0 bridgehead atoms. The van der Waals surface area contributed by atoms with Crippen LogP contribution < -0.4 is 14.8 Å². The second kappa shape index (κ2) is 5.73. The van der Waals surface area contributed by atoms with Crippen LogP contribution in [0.1, 0.15) is 25.3 Å². The highest BCUT2D eigenvalue weighted by Crippen LogP contribution is 2.35. The van der Waals surface area contributed by atoms with E-state index in [0.717, 1.165) is 17.1 Å². The molecule has 1 aliphatic heterocycles. The fourth-order valence-corrected chi connectivity index (χ4v) is 1.86. The van der Waals surface area contributed by atoms with Gasteiger partial charge >= 0.3 is 5.97 Å². The Kier molecular flexibility index (Phi) is 4.04. The highest BCUT2D eigenvalue weighted by molar-refractivity contribution is 5.66. The number of ether oxygens (including phenoxy) is 2. The first-order valence-electron chi connectivity index (χ1n) is 5.99. The molecule has 1 aromatic rings. The maximum absolute atomic E-state index is 10.5. The van der Waals surface area contributed by atoms with Crippen LogP contribution in [0.15, 0.2) is 18.2 Å². The van der Waals surface area contributed by atoms with Crippen molar-refractivity contribution in [3.8, 4) is 11.5 Å². The molecule has 1 aromatic carbocycles. The van der Waals surface area contributed by atoms with E-state index in [4.69, 9.17) is 14.6 Å². The number of hydrogen-bond acceptors (Lipinski definition) is 4. The zero-order valence-corrected chi connectivity index (χ0v) is 10.3. The summed E-state index contributed by atoms with van der Waals surface area (Å²) in [5.74, 6) is 0.795. The Morgan fingerprint density at radius 1 is 1.50 bits per heavy atom. The van der Waals surface area contributed by atoms with Gasteiger partial charge in [-0.3, -0.25) is 4.79 Å². The zero-order valence-electron chi connectivity index (χ0n) is 10.3. The van der Waals surface area contributed by atoms with Crippen LogP contribution in [-0.2, 0) is 11.3 Å². The standard InChI is InChI=1S/C13H17NO4/c1-9(5-6-12(15)16)14-7-10-3-2-4-11-13(10)18-8-17-11/h2-4,9,14H,5-8H2,1H3,(H,15,16). The summed E-state index contributed by atoms with van der Waals surface area (Å²) in [6, 6.07) is 5.93. The molecule has 1 aliphatic rings. The first kappa shape index (κ1) is 12.7. The average Bonchev–Trinajstić information content (AvgIpc) is 2.82. The summed E-state index contributed by atoms with van der Waals surface area (Å²) in [7, 11) is 0. The third kappa shape index (κ3) is 3.13. The van der Waals surface area contributed by atoms with E-state index < -0.39 is 5.97 Å². The molecule has 0 aliphatic carbocycles. The maximum atomic E-state index is 10.5. The molecule has 0 radical (unpaired) electrons. The van der Waals surface area contributed by atoms with Crippen molar-refractivity contribution in [2.75, 3.05) is 6.79 Å². The number of carbonyl (C=O) groups is 1. The number of carboxylic acids is 1. The number of benzene rings is 1. The fourth-order valence-electron chi connectivity index (χ4n) is 1.86. The number of nitrogens with one attached hydrogen (secondary N) is 1. The van der Waals surface area contributed by atoms with Crippen molar-refractivity contribution in [1.82, 2.24) is 5.32 Å². The van der Waals surface area contributed by atoms with Gasteiger partial charge in [0.2, 0.25) is 6.79 Å². The molecule has 1 atom stereocenters. The minimum atomic E-state index is -0.763. The molecule has 0 aromatic heterocycles. The summed E-state index contributed by atoms with van der Waals surface area (Å²) >= 11 is 0. The van der Waals surface area contributed by atoms with Gasteiger partial charge in [-0.1, -0.05) is 12.1 Å². The highest BCUT2D eigenvalue weighted by atomic mass is 16.7. The molecule has 0 fully saturated rings. The zero-order chi connectivity index (χ0) is 13.0. The molecule has 2 N–H and O–H groups in total. The van der Waals surface area contributed by atoms with Gasteiger partial charge in [0.1, 0.15) is 0 Å². The number of rotatable bonds is 6. The maximum Gasteiger partial charge on any atom is 0.303 e. The third-order valence-electron chi connectivity index (χ3n) is 2.91. The Balaban J connectivity index is 1.87. The monoisotopic (exact) mass is 251 g/mol. The van der Waals surface area contributed by atoms with Gasteiger partial charge in [-0.25, -0.2) is 0 Å². The highest BCUT2D eigenvalue weighted by Gasteiger charge is 2.17. The molecule has 0 saturated heterocycles. The summed E-state index contributed by atoms with van der Waals surface area (Å²) in [5.41, 5.74) is 1.03. The van der Waals surface area contributed by atoms with Crippen molar-refractivity contribution in [2.24, 2.45) is 0 Å². The predicted molar refractivity (Wildman–Crippen MR) is 65.7 cm³/mol. The van der Waals surface area contributed by atoms with Crippen LogP contribution >= 0.6 is 0 Å². The number of hydrogen-bond donors (Lipinski definition) is 2. The molecular formula is C13H17NO4. The van der Waals surface area contributed by atoms with Gasteiger partial charge in [0.25, 0.3) is 0 Å². The topological polar surface area (TPSA) is 67.8 Å². The lowest BCUT2D eigenvalue weighted by molar-refractivity contribution is -0.137. The van der Waals surface area contributed by atoms with Crippen molar-refractivity contribution in [3.05, 3.63) is 23.8 Å². The second-order valence-corrected chi connectivity index (χ2v) is 4.37. The van der Waals surface area contributed by atoms with Crippen LogP contribution in [0.5, 0.6) is 11.5 Å². The van der Waals surface area contributed by atoms with Crippen molar-refractivity contribution in [1.29, 1.82) is 0 Å². The van der Waals surface area contributed by atoms with E-state index in [-0.39, 0.29) is 19.3 Å². The van der Waals surface area contributed by atoms with Crippen LogP contribution in [0.2, 0.25) is 0 Å². The SMILES string of the molecule is CC(CCC(=O)O)NCc1cccc2c1OCO2. The molecule has 0 spiro atoms. The van der Waals surface area contributed by atoms with Crippen LogP contribution in [0.25, 0.3) is 0 Å². The lowest BCUT2D eigenvalue weighted by atomic mass is 10.1. The number of para-hydroxylation sites is 1. The largest absolute Gasteiger partial charge is 0.481 e. The van der Waals surface area contributed by atoms with E-state index in [1.54, 1.807) is 0 Å². The van der Waals surface area contributed by atoms with Crippen LogP contribution in [0.3, 0.4) is 0 Å². The van der Waals surface area contributed by atoms with Gasteiger partial charge in [-0.05, 0) is 19.4 Å². The van der Waals surface area contributed by atoms with E-state index in [9.17, 15) is 4.79 Å². The van der Waals surface area contributed by atoms with E-state index in [2.05, 4.69) is 5.32 Å². The first-order chi connectivity index (χ1) is 8.66. The quantitative estimate of drug-likeness (QED) is 0.806. The van der Waals surface area contributed by atoms with E-state index in [0.29, 0.717) is 13.0 Å². The summed E-state index contributed by atoms with van der Waals surface area (Å²) < 4.78 is 10.7. The Hall–Kier alpha value is -1.75. The molecule has 1 heterocycles. The van der Waals surface area contributed by atoms with E-state index >= 15 is 0 Å². The average molecular weight is 251 g/mol. The van der Waals surface area contributed by atoms with Crippen molar-refractivity contribution >= 4 is 5.97 Å². The van der Waals surface area contributed by atoms with E-state index in [1.165, 1.54) is 0 Å². The summed E-state index contributed by atoms with van der Waals surface area (Å²) in [6.07, 6.45) is 0.794. The lowest BCUT2D eigenvalue weighted by Crippen LogP contribution is -2.26. The molecule has 1 unspecified atom stereocenters. The molecule has 5 nitrogen and oxygen atoms in total. The van der Waals surface area contributed by atoms with Crippen LogP contribution in [-0.4, -0.2) is 23.9 Å². The number of carboxylic acid groups (broad SMARTS) is 1. The Bertz CT molecular complexity index is 433. The minimum absolute atomic E-state index is 0.152. The fraction of sp³-hybridized carbons (Fsp3) is 0.462. The molecule has 0 saturated carbocycles. The van der Waals surface area contributed by atoms with Gasteiger partial charge < -0.3 is 19.9 Å². The predicted octanol–water partition coefficient (Wildman–Crippen LogP) is 1.76. The lowest BCUT2D eigenvalue weighted by Gasteiger charge is -2.13. The van der Waals surface area contributed by atoms with E-state index in [1.807, 2.05) is 25.1 Å². The number of fused-ring (bicyclic) bond motifs is 1. The van der Waals surface area contributed by atoms with Crippen molar-refractivity contribution < 1.29 is 19.4 Å². The molecular weight excluding hydrogens is 234 g/mol. The second-order valence-electron chi connectivity index (χ2n) is 4.37. The minimum Gasteiger partial charge on any atom is -0.481 e. The van der Waals surface area contributed by atoms with Crippen molar-refractivity contribution in [3.63, 3.8) is 0 Å². The van der Waals surface area contributed by atoms with Gasteiger partial charge in [0.15, 0.2) is 11.5 Å². The molecule has 0 amide bonds. The third-order valence-corrected chi connectivity index (χ3v) is 2.91. The first-order valence-corrected chi connectivity index (χ1v) is 5.99. The van der Waals surface area contributed by atoms with Gasteiger partial charge in [-0.15, -0.1) is 0 Å². The van der Waals surface area contributed by atoms with Crippen molar-refractivity contribution in [2.45, 2.75) is 32.4 Å². The van der Waals surface area contributed by atoms with Gasteiger partial charge in [-0.2, -0.15) is 0 Å². The summed E-state index contributed by atoms with van der Waals surface area (Å²) in [6.45, 7) is 2.89. The normalized spacial score (nSPS) is 14.5. The molecule has 5 heteroatoms. The van der Waals surface area contributed by atoms with Gasteiger partial charge in [0.05, 0.1) is 0 Å². The Morgan fingerprint density at radius 2 is 2.33 bits per heavy atom. The summed E-state index contributed by atoms with van der Waals surface area (Å²) in [5, 5.41) is 11.9. The molecule has 98 valence electrons. The molecule has 18 heavy (non-hydrogen) atoms. The Morgan fingerprint density at radius 3 is 3.11 bits per heavy atom. The van der Waals surface area contributed by atoms with Crippen LogP contribution in [0.4, 0.5) is 0 Å². The molecule has 2 rings (SSSR count). The summed E-state index contributed by atoms with van der Waals surface area (Å²) in [4.78, 5) is 10.5. The van der Waals surface area contributed by atoms with Gasteiger partial charge in [0, 0.05) is 24.6 Å².